The van der Waals surface area contributed by atoms with Crippen molar-refractivity contribution in [1.29, 1.82) is 0 Å². The van der Waals surface area contributed by atoms with Crippen LogP contribution in [0, 0.1) is 6.92 Å². The minimum atomic E-state index is -3.63. The molecule has 0 bridgehead atoms. The molecule has 5 nitrogen and oxygen atoms in total. The maximum atomic E-state index is 13.0. The first-order chi connectivity index (χ1) is 13.0. The molecular formula is C21H24N2O3S. The molecule has 1 saturated heterocycles. The number of sulfonamides is 1. The number of hydrogen-bond acceptors (Lipinski definition) is 3. The topological polar surface area (TPSA) is 66.5 Å². The van der Waals surface area contributed by atoms with Gasteiger partial charge in [0.2, 0.25) is 15.9 Å². The number of hydrogen-bond donors (Lipinski definition) is 1. The summed E-state index contributed by atoms with van der Waals surface area (Å²) in [6.07, 6.45) is 4.17. The van der Waals surface area contributed by atoms with Crippen LogP contribution in [0.5, 0.6) is 0 Å². The van der Waals surface area contributed by atoms with Crippen LogP contribution >= 0.6 is 0 Å². The summed E-state index contributed by atoms with van der Waals surface area (Å²) in [6, 6.07) is 12.9. The first-order valence-electron chi connectivity index (χ1n) is 9.47. The first-order valence-corrected chi connectivity index (χ1v) is 11.0. The molecule has 2 aliphatic rings. The molecular weight excluding hydrogens is 360 g/mol. The second-order valence-corrected chi connectivity index (χ2v) is 9.08. The molecule has 1 N–H and O–H groups in total. The zero-order valence-corrected chi connectivity index (χ0v) is 16.3. The number of nitrogens with one attached hydrogen (secondary N) is 1. The summed E-state index contributed by atoms with van der Waals surface area (Å²) >= 11 is 0. The van der Waals surface area contributed by atoms with Crippen molar-refractivity contribution in [3.8, 4) is 0 Å². The predicted molar refractivity (Wildman–Crippen MR) is 105 cm³/mol. The third-order valence-electron chi connectivity index (χ3n) is 5.51. The molecule has 1 aliphatic carbocycles. The molecule has 0 spiro atoms. The number of carbonyl (C=O) groups excluding carboxylic acids is 1. The fraction of sp³-hybridized carbons (Fsp3) is 0.381. The van der Waals surface area contributed by atoms with Gasteiger partial charge in [-0.3, -0.25) is 4.79 Å². The third-order valence-corrected chi connectivity index (χ3v) is 6.98. The van der Waals surface area contributed by atoms with Gasteiger partial charge in [-0.25, -0.2) is 13.1 Å². The van der Waals surface area contributed by atoms with E-state index in [-0.39, 0.29) is 16.8 Å². The molecule has 142 valence electrons. The largest absolute Gasteiger partial charge is 0.312 e. The lowest BCUT2D eigenvalue weighted by Crippen LogP contribution is -2.31. The Bertz CT molecular complexity index is 985. The van der Waals surface area contributed by atoms with E-state index >= 15 is 0 Å². The summed E-state index contributed by atoms with van der Waals surface area (Å²) in [6.45, 7) is 2.55. The van der Waals surface area contributed by atoms with Crippen molar-refractivity contribution in [1.82, 2.24) is 4.72 Å². The molecule has 0 radical (unpaired) electrons. The van der Waals surface area contributed by atoms with Gasteiger partial charge in [-0.2, -0.15) is 0 Å². The lowest BCUT2D eigenvalue weighted by Gasteiger charge is -2.26. The molecule has 4 rings (SSSR count). The Kier molecular flexibility index (Phi) is 4.78. The zero-order valence-electron chi connectivity index (χ0n) is 15.4. The molecule has 2 aromatic carbocycles. The van der Waals surface area contributed by atoms with Crippen LogP contribution in [-0.2, 0) is 21.2 Å². The molecule has 1 fully saturated rings. The zero-order chi connectivity index (χ0) is 19.0. The van der Waals surface area contributed by atoms with E-state index in [0.29, 0.717) is 13.0 Å². The molecule has 2 aromatic rings. The lowest BCUT2D eigenvalue weighted by atomic mass is 9.88. The number of anilines is 1. The van der Waals surface area contributed by atoms with E-state index in [1.54, 1.807) is 23.1 Å². The van der Waals surface area contributed by atoms with Crippen molar-refractivity contribution in [2.75, 3.05) is 11.4 Å². The number of nitrogens with zero attached hydrogens (tertiary/aromatic N) is 1. The quantitative estimate of drug-likeness (QED) is 0.878. The maximum Gasteiger partial charge on any atom is 0.241 e. The molecule has 1 atom stereocenters. The Hall–Kier alpha value is -2.18. The Labute approximate surface area is 160 Å². The number of amides is 1. The first kappa shape index (κ1) is 18.2. The van der Waals surface area contributed by atoms with E-state index in [9.17, 15) is 13.2 Å². The highest BCUT2D eigenvalue weighted by Gasteiger charge is 2.27. The lowest BCUT2D eigenvalue weighted by molar-refractivity contribution is -0.117. The van der Waals surface area contributed by atoms with Crippen LogP contribution in [0.2, 0.25) is 0 Å². The van der Waals surface area contributed by atoms with Gasteiger partial charge in [0.25, 0.3) is 0 Å². The number of rotatable bonds is 4. The van der Waals surface area contributed by atoms with E-state index in [1.165, 1.54) is 5.56 Å². The van der Waals surface area contributed by atoms with Gasteiger partial charge in [0.05, 0.1) is 4.90 Å². The van der Waals surface area contributed by atoms with E-state index in [0.717, 1.165) is 42.5 Å². The highest BCUT2D eigenvalue weighted by Crippen LogP contribution is 2.32. The number of carbonyl (C=O) groups is 1. The molecule has 1 aliphatic heterocycles. The monoisotopic (exact) mass is 384 g/mol. The standard InChI is InChI=1S/C21H24N2O3S/c1-15-14-17(11-12-20(15)23-13-5-10-21(23)24)27(25,26)22-19-9-4-7-16-6-2-3-8-18(16)19/h2-3,6,8,11-12,14,19,22H,4-5,7,9-10,13H2,1H3/t19-/m1/s1. The van der Waals surface area contributed by atoms with Crippen LogP contribution in [0.4, 0.5) is 5.69 Å². The highest BCUT2D eigenvalue weighted by atomic mass is 32.2. The average molecular weight is 385 g/mol. The highest BCUT2D eigenvalue weighted by molar-refractivity contribution is 7.89. The Morgan fingerprint density at radius 3 is 2.63 bits per heavy atom. The van der Waals surface area contributed by atoms with Gasteiger partial charge in [-0.15, -0.1) is 0 Å². The minimum Gasteiger partial charge on any atom is -0.312 e. The molecule has 0 unspecified atom stereocenters. The summed E-state index contributed by atoms with van der Waals surface area (Å²) in [5.74, 6) is 0.102. The van der Waals surface area contributed by atoms with Gasteiger partial charge >= 0.3 is 0 Å². The van der Waals surface area contributed by atoms with E-state index in [1.807, 2.05) is 25.1 Å². The fourth-order valence-electron chi connectivity index (χ4n) is 4.13. The van der Waals surface area contributed by atoms with Crippen LogP contribution in [0.15, 0.2) is 47.4 Å². The molecule has 0 saturated carbocycles. The van der Waals surface area contributed by atoms with Crippen LogP contribution in [0.25, 0.3) is 0 Å². The molecule has 6 heteroatoms. The van der Waals surface area contributed by atoms with Gasteiger partial charge < -0.3 is 4.90 Å². The number of fused-ring (bicyclic) bond motifs is 1. The van der Waals surface area contributed by atoms with E-state index in [4.69, 9.17) is 0 Å². The number of benzene rings is 2. The molecule has 0 aromatic heterocycles. The smallest absolute Gasteiger partial charge is 0.241 e. The Morgan fingerprint density at radius 2 is 1.89 bits per heavy atom. The normalized spacial score (nSPS) is 20.0. The Morgan fingerprint density at radius 1 is 1.07 bits per heavy atom. The number of aryl methyl sites for hydroxylation is 2. The summed E-state index contributed by atoms with van der Waals surface area (Å²) < 4.78 is 28.8. The summed E-state index contributed by atoms with van der Waals surface area (Å²) in [5.41, 5.74) is 3.90. The van der Waals surface area contributed by atoms with E-state index < -0.39 is 10.0 Å². The average Bonchev–Trinajstić information content (AvgIpc) is 3.07. The van der Waals surface area contributed by atoms with Crippen molar-refractivity contribution < 1.29 is 13.2 Å². The van der Waals surface area contributed by atoms with Crippen molar-refractivity contribution in [3.05, 3.63) is 59.2 Å². The van der Waals surface area contributed by atoms with Crippen LogP contribution < -0.4 is 9.62 Å². The van der Waals surface area contributed by atoms with E-state index in [2.05, 4.69) is 10.8 Å². The van der Waals surface area contributed by atoms with Crippen molar-refractivity contribution >= 4 is 21.6 Å². The van der Waals surface area contributed by atoms with Crippen LogP contribution in [-0.4, -0.2) is 20.9 Å². The fourth-order valence-corrected chi connectivity index (χ4v) is 5.47. The van der Waals surface area contributed by atoms with Crippen LogP contribution in [0.1, 0.15) is 48.4 Å². The summed E-state index contributed by atoms with van der Waals surface area (Å²) in [5, 5.41) is 0. The second kappa shape index (κ2) is 7.09. The second-order valence-electron chi connectivity index (χ2n) is 7.36. The summed E-state index contributed by atoms with van der Waals surface area (Å²) in [7, 11) is -3.63. The van der Waals surface area contributed by atoms with Gasteiger partial charge in [0, 0.05) is 24.7 Å². The summed E-state index contributed by atoms with van der Waals surface area (Å²) in [4.78, 5) is 14.0. The van der Waals surface area contributed by atoms with Crippen molar-refractivity contribution in [2.24, 2.45) is 0 Å². The molecule has 1 heterocycles. The minimum absolute atomic E-state index is 0.102. The van der Waals surface area contributed by atoms with Gasteiger partial charge in [0.1, 0.15) is 0 Å². The van der Waals surface area contributed by atoms with Gasteiger partial charge in [-0.1, -0.05) is 24.3 Å². The van der Waals surface area contributed by atoms with Gasteiger partial charge in [-0.05, 0) is 67.5 Å². The predicted octanol–water partition coefficient (Wildman–Crippen LogP) is 3.48. The SMILES string of the molecule is Cc1cc(S(=O)(=O)N[C@@H]2CCCc3ccccc32)ccc1N1CCCC1=O. The maximum absolute atomic E-state index is 13.0. The van der Waals surface area contributed by atoms with Crippen molar-refractivity contribution in [2.45, 2.75) is 50.0 Å². The molecule has 27 heavy (non-hydrogen) atoms. The Balaban J connectivity index is 1.60. The third kappa shape index (κ3) is 3.51. The van der Waals surface area contributed by atoms with Gasteiger partial charge in [0.15, 0.2) is 0 Å². The molecule has 1 amide bonds. The van der Waals surface area contributed by atoms with Crippen LogP contribution in [0.3, 0.4) is 0 Å². The van der Waals surface area contributed by atoms with Crippen molar-refractivity contribution in [3.63, 3.8) is 0 Å².